The number of aromatic nitrogens is 2. The highest BCUT2D eigenvalue weighted by molar-refractivity contribution is 5.91. The molecular weight excluding hydrogens is 322 g/mol. The summed E-state index contributed by atoms with van der Waals surface area (Å²) in [5.41, 5.74) is 1.13. The summed E-state index contributed by atoms with van der Waals surface area (Å²) in [5, 5.41) is 5.23. The highest BCUT2D eigenvalue weighted by Crippen LogP contribution is 2.29. The van der Waals surface area contributed by atoms with E-state index in [2.05, 4.69) is 39.1 Å². The predicted octanol–water partition coefficient (Wildman–Crippen LogP) is 4.65. The number of rotatable bonds is 5. The molecule has 0 radical (unpaired) electrons. The van der Waals surface area contributed by atoms with Crippen LogP contribution in [0.25, 0.3) is 10.8 Å². The predicted molar refractivity (Wildman–Crippen MR) is 104 cm³/mol. The second-order valence-corrected chi connectivity index (χ2v) is 6.18. The molecule has 4 heteroatoms. The molecule has 4 nitrogen and oxygen atoms in total. The fourth-order valence-corrected chi connectivity index (χ4v) is 3.28. The molecule has 0 aliphatic heterocycles. The van der Waals surface area contributed by atoms with Crippen molar-refractivity contribution < 1.29 is 4.79 Å². The third kappa shape index (κ3) is 3.35. The molecule has 0 bridgehead atoms. The second-order valence-electron chi connectivity index (χ2n) is 6.18. The van der Waals surface area contributed by atoms with Crippen LogP contribution in [0.2, 0.25) is 0 Å². The van der Waals surface area contributed by atoms with E-state index in [0.717, 1.165) is 5.56 Å². The number of hydrogen-bond acceptors (Lipinski definition) is 2. The summed E-state index contributed by atoms with van der Waals surface area (Å²) < 4.78 is 2.08. The van der Waals surface area contributed by atoms with E-state index >= 15 is 0 Å². The molecule has 0 unspecified atom stereocenters. The summed E-state index contributed by atoms with van der Waals surface area (Å²) in [7, 11) is 0. The lowest BCUT2D eigenvalue weighted by molar-refractivity contribution is -0.116. The summed E-state index contributed by atoms with van der Waals surface area (Å²) in [6.45, 7) is 0. The van der Waals surface area contributed by atoms with Gasteiger partial charge in [0.25, 0.3) is 0 Å². The van der Waals surface area contributed by atoms with Crippen molar-refractivity contribution in [1.29, 1.82) is 0 Å². The number of hydrogen-bond donors (Lipinski definition) is 1. The lowest BCUT2D eigenvalue weighted by atomic mass is 9.96. The van der Waals surface area contributed by atoms with Crippen LogP contribution in [0.3, 0.4) is 0 Å². The minimum atomic E-state index is -0.0835. The van der Waals surface area contributed by atoms with Crippen LogP contribution in [0.5, 0.6) is 0 Å². The Morgan fingerprint density at radius 3 is 2.50 bits per heavy atom. The molecule has 2 aromatic carbocycles. The molecular formula is C22H19N3O. The molecule has 4 rings (SSSR count). The minimum absolute atomic E-state index is 0.0599. The van der Waals surface area contributed by atoms with E-state index in [-0.39, 0.29) is 11.9 Å². The van der Waals surface area contributed by atoms with E-state index < -0.39 is 0 Å². The Kier molecular flexibility index (Phi) is 4.48. The van der Waals surface area contributed by atoms with E-state index in [0.29, 0.717) is 12.2 Å². The molecule has 2 heterocycles. The summed E-state index contributed by atoms with van der Waals surface area (Å²) in [4.78, 5) is 16.8. The third-order valence-electron chi connectivity index (χ3n) is 4.48. The first-order valence-corrected chi connectivity index (χ1v) is 8.62. The molecule has 0 saturated heterocycles. The summed E-state index contributed by atoms with van der Waals surface area (Å²) in [6, 6.07) is 23.9. The Morgan fingerprint density at radius 1 is 0.923 bits per heavy atom. The van der Waals surface area contributed by atoms with Gasteiger partial charge in [0.2, 0.25) is 5.91 Å². The fraction of sp³-hybridized carbons (Fsp3) is 0.0909. The van der Waals surface area contributed by atoms with Gasteiger partial charge in [-0.15, -0.1) is 0 Å². The van der Waals surface area contributed by atoms with Crippen LogP contribution >= 0.6 is 0 Å². The van der Waals surface area contributed by atoms with E-state index in [4.69, 9.17) is 0 Å². The Morgan fingerprint density at radius 2 is 1.69 bits per heavy atom. The Bertz CT molecular complexity index is 1000. The number of nitrogens with zero attached hydrogens (tertiary/aromatic N) is 2. The monoisotopic (exact) mass is 341 g/mol. The van der Waals surface area contributed by atoms with Crippen molar-refractivity contribution in [1.82, 2.24) is 9.55 Å². The minimum Gasteiger partial charge on any atom is -0.346 e. The van der Waals surface area contributed by atoms with Gasteiger partial charge in [0.05, 0.1) is 12.5 Å². The molecule has 26 heavy (non-hydrogen) atoms. The highest BCUT2D eigenvalue weighted by atomic mass is 16.1. The zero-order valence-electron chi connectivity index (χ0n) is 14.2. The van der Waals surface area contributed by atoms with Crippen LogP contribution in [0.1, 0.15) is 18.0 Å². The number of carbonyl (C=O) groups excluding carboxylic acids is 1. The molecule has 1 atom stereocenters. The van der Waals surface area contributed by atoms with Crippen LogP contribution in [0.4, 0.5) is 5.82 Å². The quantitative estimate of drug-likeness (QED) is 0.574. The number of benzene rings is 2. The number of carbonyl (C=O) groups is 1. The van der Waals surface area contributed by atoms with Crippen LogP contribution in [0, 0.1) is 0 Å². The van der Waals surface area contributed by atoms with Gasteiger partial charge in [-0.1, -0.05) is 48.5 Å². The number of anilines is 1. The summed E-state index contributed by atoms with van der Waals surface area (Å²) >= 11 is 0. The zero-order valence-corrected chi connectivity index (χ0v) is 14.2. The molecule has 1 N–H and O–H groups in total. The summed E-state index contributed by atoms with van der Waals surface area (Å²) in [6.07, 6.45) is 6.00. The molecule has 2 aromatic heterocycles. The van der Waals surface area contributed by atoms with E-state index in [1.54, 1.807) is 12.3 Å². The van der Waals surface area contributed by atoms with Gasteiger partial charge >= 0.3 is 0 Å². The number of nitrogens with one attached hydrogen (secondary N) is 1. The van der Waals surface area contributed by atoms with Crippen molar-refractivity contribution in [3.05, 3.63) is 97.0 Å². The lowest BCUT2D eigenvalue weighted by Gasteiger charge is -2.21. The molecule has 0 saturated carbocycles. The largest absolute Gasteiger partial charge is 0.346 e. The number of fused-ring (bicyclic) bond motifs is 1. The van der Waals surface area contributed by atoms with Gasteiger partial charge in [0, 0.05) is 18.6 Å². The third-order valence-corrected chi connectivity index (χ3v) is 4.48. The van der Waals surface area contributed by atoms with Crippen molar-refractivity contribution in [2.45, 2.75) is 12.5 Å². The number of pyridine rings is 1. The normalized spacial score (nSPS) is 12.0. The van der Waals surface area contributed by atoms with E-state index in [1.165, 1.54) is 10.8 Å². The maximum atomic E-state index is 12.7. The van der Waals surface area contributed by atoms with Crippen molar-refractivity contribution >= 4 is 22.5 Å². The lowest BCUT2D eigenvalue weighted by Crippen LogP contribution is -2.20. The van der Waals surface area contributed by atoms with Crippen molar-refractivity contribution in [3.8, 4) is 0 Å². The molecule has 128 valence electrons. The van der Waals surface area contributed by atoms with E-state index in [1.807, 2.05) is 54.9 Å². The van der Waals surface area contributed by atoms with Crippen molar-refractivity contribution in [2.24, 2.45) is 0 Å². The average Bonchev–Trinajstić information content (AvgIpc) is 3.21. The second kappa shape index (κ2) is 7.23. The number of amides is 1. The first kappa shape index (κ1) is 16.1. The fourth-order valence-electron chi connectivity index (χ4n) is 3.28. The molecule has 4 aromatic rings. The summed E-state index contributed by atoms with van der Waals surface area (Å²) in [5.74, 6) is 0.511. The van der Waals surface area contributed by atoms with Gasteiger partial charge in [-0.25, -0.2) is 4.98 Å². The Balaban J connectivity index is 1.68. The maximum absolute atomic E-state index is 12.7. The Labute approximate surface area is 152 Å². The van der Waals surface area contributed by atoms with Gasteiger partial charge in [-0.3, -0.25) is 4.79 Å². The zero-order chi connectivity index (χ0) is 17.8. The molecule has 0 aliphatic rings. The van der Waals surface area contributed by atoms with Gasteiger partial charge in [0.1, 0.15) is 5.82 Å². The van der Waals surface area contributed by atoms with E-state index in [9.17, 15) is 4.79 Å². The average molecular weight is 341 g/mol. The van der Waals surface area contributed by atoms with Crippen molar-refractivity contribution in [2.75, 3.05) is 5.32 Å². The standard InChI is InChI=1S/C22H19N3O/c26-22(24-21-12-3-4-13-23-21)16-20(25-14-5-6-15-25)19-11-7-9-17-8-1-2-10-18(17)19/h1-15,20H,16H2,(H,23,24,26)/t20-/m1/s1. The van der Waals surface area contributed by atoms with Gasteiger partial charge in [-0.2, -0.15) is 0 Å². The van der Waals surface area contributed by atoms with Crippen LogP contribution in [0.15, 0.2) is 91.4 Å². The van der Waals surface area contributed by atoms with Crippen molar-refractivity contribution in [3.63, 3.8) is 0 Å². The highest BCUT2D eigenvalue weighted by Gasteiger charge is 2.19. The smallest absolute Gasteiger partial charge is 0.227 e. The van der Waals surface area contributed by atoms with Gasteiger partial charge in [0.15, 0.2) is 0 Å². The van der Waals surface area contributed by atoms with Crippen LogP contribution < -0.4 is 5.32 Å². The van der Waals surface area contributed by atoms with Gasteiger partial charge in [-0.05, 0) is 40.6 Å². The first-order chi connectivity index (χ1) is 12.8. The van der Waals surface area contributed by atoms with Gasteiger partial charge < -0.3 is 9.88 Å². The molecule has 1 amide bonds. The SMILES string of the molecule is O=C(C[C@H](c1cccc2ccccc12)n1cccc1)Nc1ccccn1. The Hall–Kier alpha value is -3.40. The molecule has 0 spiro atoms. The molecule has 0 aliphatic carbocycles. The van der Waals surface area contributed by atoms with Crippen LogP contribution in [-0.2, 0) is 4.79 Å². The maximum Gasteiger partial charge on any atom is 0.227 e. The topological polar surface area (TPSA) is 46.9 Å². The van der Waals surface area contributed by atoms with Crippen LogP contribution in [-0.4, -0.2) is 15.5 Å². The molecule has 0 fully saturated rings. The first-order valence-electron chi connectivity index (χ1n) is 8.62.